The van der Waals surface area contributed by atoms with E-state index in [4.69, 9.17) is 4.74 Å². The average molecular weight is 256 g/mol. The van der Waals surface area contributed by atoms with Crippen LogP contribution < -0.4 is 4.74 Å². The predicted molar refractivity (Wildman–Crippen MR) is 56.3 cm³/mol. The van der Waals surface area contributed by atoms with Gasteiger partial charge in [-0.1, -0.05) is 12.1 Å². The second-order valence-electron chi connectivity index (χ2n) is 3.42. The van der Waals surface area contributed by atoms with Crippen LogP contribution in [0.2, 0.25) is 0 Å². The molecule has 0 fully saturated rings. The number of rotatable bonds is 2. The van der Waals surface area contributed by atoms with Crippen LogP contribution in [-0.4, -0.2) is 12.3 Å². The third kappa shape index (κ3) is 3.38. The van der Waals surface area contributed by atoms with Gasteiger partial charge in [-0.3, -0.25) is 0 Å². The third-order valence-corrected chi connectivity index (χ3v) is 2.02. The van der Waals surface area contributed by atoms with Gasteiger partial charge in [-0.25, -0.2) is 4.79 Å². The summed E-state index contributed by atoms with van der Waals surface area (Å²) in [6.45, 7) is 0. The minimum absolute atomic E-state index is 0.302. The van der Waals surface area contributed by atoms with Crippen molar-refractivity contribution in [3.05, 3.63) is 47.7 Å². The van der Waals surface area contributed by atoms with E-state index in [9.17, 15) is 18.0 Å². The van der Waals surface area contributed by atoms with Gasteiger partial charge in [0.05, 0.1) is 0 Å². The summed E-state index contributed by atoms with van der Waals surface area (Å²) >= 11 is 0. The number of hydrogen-bond acceptors (Lipinski definition) is 3. The molecule has 1 heterocycles. The van der Waals surface area contributed by atoms with E-state index < -0.39 is 12.3 Å². The Hall–Kier alpha value is -2.24. The van der Waals surface area contributed by atoms with Gasteiger partial charge in [-0.05, 0) is 29.8 Å². The molecular formula is C12H7F3O3. The van der Waals surface area contributed by atoms with E-state index >= 15 is 0 Å². The van der Waals surface area contributed by atoms with Gasteiger partial charge in [-0.15, -0.1) is 13.2 Å². The van der Waals surface area contributed by atoms with Crippen LogP contribution in [0.1, 0.15) is 5.56 Å². The number of hydrogen-bond donors (Lipinski definition) is 0. The van der Waals surface area contributed by atoms with E-state index in [1.807, 2.05) is 0 Å². The Morgan fingerprint density at radius 3 is 2.28 bits per heavy atom. The maximum Gasteiger partial charge on any atom is 0.573 e. The van der Waals surface area contributed by atoms with Crippen molar-refractivity contribution < 1.29 is 27.4 Å². The van der Waals surface area contributed by atoms with Crippen LogP contribution in [0, 0.1) is 0 Å². The second kappa shape index (κ2) is 4.56. The molecule has 0 unspecified atom stereocenters. The van der Waals surface area contributed by atoms with Crippen molar-refractivity contribution in [2.24, 2.45) is 0 Å². The number of ether oxygens (including phenoxy) is 2. The highest BCUT2D eigenvalue weighted by Gasteiger charge is 2.30. The van der Waals surface area contributed by atoms with Crippen molar-refractivity contribution in [1.29, 1.82) is 0 Å². The predicted octanol–water partition coefficient (Wildman–Crippen LogP) is 3.04. The lowest BCUT2D eigenvalue weighted by atomic mass is 10.2. The largest absolute Gasteiger partial charge is 0.573 e. The lowest BCUT2D eigenvalue weighted by Crippen LogP contribution is -2.16. The summed E-state index contributed by atoms with van der Waals surface area (Å²) in [5, 5.41) is 0. The summed E-state index contributed by atoms with van der Waals surface area (Å²) < 4.78 is 44.2. The Morgan fingerprint density at radius 2 is 1.78 bits per heavy atom. The van der Waals surface area contributed by atoms with Crippen LogP contribution in [-0.2, 0) is 9.53 Å². The first-order valence-corrected chi connectivity index (χ1v) is 4.90. The molecule has 2 rings (SSSR count). The second-order valence-corrected chi connectivity index (χ2v) is 3.42. The minimum atomic E-state index is -4.70. The summed E-state index contributed by atoms with van der Waals surface area (Å²) in [4.78, 5) is 10.8. The average Bonchev–Trinajstić information content (AvgIpc) is 2.65. The minimum Gasteiger partial charge on any atom is -0.423 e. The molecule has 1 aliphatic rings. The van der Waals surface area contributed by atoms with Crippen LogP contribution in [0.15, 0.2) is 42.2 Å². The summed E-state index contributed by atoms with van der Waals surface area (Å²) in [5.41, 5.74) is 0.596. The van der Waals surface area contributed by atoms with Gasteiger partial charge in [-0.2, -0.15) is 0 Å². The van der Waals surface area contributed by atoms with Gasteiger partial charge in [0.1, 0.15) is 11.5 Å². The van der Waals surface area contributed by atoms with Crippen molar-refractivity contribution in [2.75, 3.05) is 0 Å². The number of carbonyl (C=O) groups is 1. The van der Waals surface area contributed by atoms with E-state index in [-0.39, 0.29) is 5.75 Å². The van der Waals surface area contributed by atoms with Crippen LogP contribution in [0.4, 0.5) is 13.2 Å². The Balaban J connectivity index is 2.09. The van der Waals surface area contributed by atoms with Gasteiger partial charge in [0.2, 0.25) is 0 Å². The zero-order chi connectivity index (χ0) is 13.2. The highest BCUT2D eigenvalue weighted by atomic mass is 19.4. The molecule has 1 aliphatic heterocycles. The molecule has 1 aromatic carbocycles. The number of benzene rings is 1. The van der Waals surface area contributed by atoms with Gasteiger partial charge in [0.15, 0.2) is 0 Å². The van der Waals surface area contributed by atoms with E-state index in [1.165, 1.54) is 42.5 Å². The fraction of sp³-hybridized carbons (Fsp3) is 0.0833. The molecule has 0 bridgehead atoms. The lowest BCUT2D eigenvalue weighted by molar-refractivity contribution is -0.274. The number of cyclic esters (lactones) is 1. The number of halogens is 3. The van der Waals surface area contributed by atoms with E-state index in [1.54, 1.807) is 0 Å². The monoisotopic (exact) mass is 256 g/mol. The van der Waals surface area contributed by atoms with Crippen molar-refractivity contribution in [1.82, 2.24) is 0 Å². The molecule has 6 heteroatoms. The molecule has 3 nitrogen and oxygen atoms in total. The Morgan fingerprint density at radius 1 is 1.11 bits per heavy atom. The van der Waals surface area contributed by atoms with Crippen LogP contribution >= 0.6 is 0 Å². The van der Waals surface area contributed by atoms with Crippen molar-refractivity contribution in [2.45, 2.75) is 6.36 Å². The smallest absolute Gasteiger partial charge is 0.423 e. The van der Waals surface area contributed by atoms with Crippen LogP contribution in [0.5, 0.6) is 5.75 Å². The number of allylic oxidation sites excluding steroid dienone is 1. The maximum absolute atomic E-state index is 11.9. The number of alkyl halides is 3. The normalized spacial score (nSPS) is 17.1. The Kier molecular flexibility index (Phi) is 3.10. The lowest BCUT2D eigenvalue weighted by Gasteiger charge is -2.08. The van der Waals surface area contributed by atoms with Gasteiger partial charge in [0, 0.05) is 6.08 Å². The molecule has 0 saturated heterocycles. The molecule has 1 aromatic rings. The molecule has 18 heavy (non-hydrogen) atoms. The highest BCUT2D eigenvalue weighted by molar-refractivity contribution is 5.87. The molecule has 0 amide bonds. The van der Waals surface area contributed by atoms with Gasteiger partial charge < -0.3 is 9.47 Å². The zero-order valence-corrected chi connectivity index (χ0v) is 8.90. The van der Waals surface area contributed by atoms with Gasteiger partial charge >= 0.3 is 12.3 Å². The molecule has 0 saturated carbocycles. The fourth-order valence-electron chi connectivity index (χ4n) is 1.34. The fourth-order valence-corrected chi connectivity index (χ4v) is 1.34. The molecular weight excluding hydrogens is 249 g/mol. The maximum atomic E-state index is 11.9. The Labute approximate surface area is 100 Å². The highest BCUT2D eigenvalue weighted by Crippen LogP contribution is 2.23. The molecule has 0 atom stereocenters. The Bertz CT molecular complexity index is 512. The van der Waals surface area contributed by atoms with Crippen LogP contribution in [0.3, 0.4) is 0 Å². The third-order valence-electron chi connectivity index (χ3n) is 2.02. The topological polar surface area (TPSA) is 35.5 Å². The first-order valence-electron chi connectivity index (χ1n) is 4.90. The molecule has 0 N–H and O–H groups in total. The standard InChI is InChI=1S/C12H7F3O3/c13-12(14,15)18-9-3-1-8(2-4-9)7-10-5-6-11(16)17-10/h1-7H. The van der Waals surface area contributed by atoms with Crippen LogP contribution in [0.25, 0.3) is 6.08 Å². The number of esters is 1. The molecule has 0 radical (unpaired) electrons. The quantitative estimate of drug-likeness (QED) is 0.763. The zero-order valence-electron chi connectivity index (χ0n) is 8.90. The van der Waals surface area contributed by atoms with E-state index in [2.05, 4.69) is 4.74 Å². The first kappa shape index (κ1) is 12.2. The van der Waals surface area contributed by atoms with Gasteiger partial charge in [0.25, 0.3) is 0 Å². The summed E-state index contributed by atoms with van der Waals surface area (Å²) in [6, 6.07) is 5.21. The molecule has 0 aromatic heterocycles. The summed E-state index contributed by atoms with van der Waals surface area (Å²) in [5.74, 6) is -0.439. The molecule has 0 aliphatic carbocycles. The summed E-state index contributed by atoms with van der Waals surface area (Å²) in [6.07, 6.45) is -0.447. The SMILES string of the molecule is O=C1C=CC(=Cc2ccc(OC(F)(F)F)cc2)O1. The first-order chi connectivity index (χ1) is 8.42. The number of carbonyl (C=O) groups excluding carboxylic acids is 1. The summed E-state index contributed by atoms with van der Waals surface area (Å²) in [7, 11) is 0. The van der Waals surface area contributed by atoms with Crippen molar-refractivity contribution in [3.8, 4) is 5.75 Å². The van der Waals surface area contributed by atoms with Crippen molar-refractivity contribution >= 4 is 12.0 Å². The van der Waals surface area contributed by atoms with Crippen molar-refractivity contribution in [3.63, 3.8) is 0 Å². The molecule has 94 valence electrons. The van der Waals surface area contributed by atoms with E-state index in [0.717, 1.165) is 0 Å². The van der Waals surface area contributed by atoms with E-state index in [0.29, 0.717) is 11.3 Å². The molecule has 0 spiro atoms.